The fourth-order valence-electron chi connectivity index (χ4n) is 4.18. The third-order valence-corrected chi connectivity index (χ3v) is 6.09. The Morgan fingerprint density at radius 3 is 2.73 bits per heavy atom. The number of para-hydroxylation sites is 2. The summed E-state index contributed by atoms with van der Waals surface area (Å²) in [5.74, 6) is 2.04. The zero-order valence-corrected chi connectivity index (χ0v) is 20.0. The highest BCUT2D eigenvalue weighted by atomic mass is 35.5. The molecule has 1 aliphatic carbocycles. The summed E-state index contributed by atoms with van der Waals surface area (Å²) in [5, 5.41) is 3.11. The van der Waals surface area contributed by atoms with Gasteiger partial charge in [0.15, 0.2) is 11.5 Å². The predicted molar refractivity (Wildman–Crippen MR) is 134 cm³/mol. The molecule has 1 fully saturated rings. The number of fused-ring (bicyclic) bond motifs is 1. The van der Waals surface area contributed by atoms with E-state index in [-0.39, 0.29) is 18.3 Å². The number of rotatable bonds is 8. The van der Waals surface area contributed by atoms with Crippen LogP contribution in [0.5, 0.6) is 11.5 Å². The van der Waals surface area contributed by atoms with E-state index in [9.17, 15) is 4.79 Å². The molecule has 0 spiro atoms. The van der Waals surface area contributed by atoms with Crippen molar-refractivity contribution in [3.8, 4) is 11.5 Å². The van der Waals surface area contributed by atoms with Crippen molar-refractivity contribution in [2.75, 3.05) is 13.7 Å². The lowest BCUT2D eigenvalue weighted by Crippen LogP contribution is -2.36. The first-order chi connectivity index (χ1) is 15.6. The minimum absolute atomic E-state index is 0. The Bertz CT molecular complexity index is 1090. The second kappa shape index (κ2) is 11.8. The van der Waals surface area contributed by atoms with Crippen LogP contribution in [0.4, 0.5) is 0 Å². The summed E-state index contributed by atoms with van der Waals surface area (Å²) in [6.45, 7) is 3.46. The van der Waals surface area contributed by atoms with E-state index < -0.39 is 0 Å². The maximum atomic E-state index is 12.3. The number of hydrogen-bond donors (Lipinski definition) is 1. The van der Waals surface area contributed by atoms with Crippen molar-refractivity contribution >= 4 is 35.4 Å². The van der Waals surface area contributed by atoms with Crippen LogP contribution in [0.15, 0.2) is 54.9 Å². The molecule has 0 unspecified atom stereocenters. The van der Waals surface area contributed by atoms with Gasteiger partial charge < -0.3 is 19.4 Å². The van der Waals surface area contributed by atoms with E-state index in [1.165, 1.54) is 12.8 Å². The number of halogens is 1. The van der Waals surface area contributed by atoms with Gasteiger partial charge in [-0.05, 0) is 67.5 Å². The van der Waals surface area contributed by atoms with Gasteiger partial charge in [0.05, 0.1) is 31.0 Å². The molecule has 7 heteroatoms. The normalized spacial score (nSPS) is 18.1. The van der Waals surface area contributed by atoms with Gasteiger partial charge in [0, 0.05) is 12.1 Å². The molecular formula is C26H32ClN3O3. The number of ether oxygens (including phenoxy) is 2. The molecule has 0 atom stereocenters. The van der Waals surface area contributed by atoms with E-state index in [0.717, 1.165) is 35.4 Å². The molecule has 1 N–H and O–H groups in total. The molecular weight excluding hydrogens is 438 g/mol. The fraction of sp³-hybridized carbons (Fsp3) is 0.385. The van der Waals surface area contributed by atoms with Crippen molar-refractivity contribution in [3.05, 3.63) is 60.4 Å². The molecule has 1 saturated carbocycles. The third kappa shape index (κ3) is 6.51. The minimum Gasteiger partial charge on any atom is -0.493 e. The summed E-state index contributed by atoms with van der Waals surface area (Å²) in [7, 11) is 1.62. The number of imidazole rings is 1. The first kappa shape index (κ1) is 24.6. The highest BCUT2D eigenvalue weighted by Crippen LogP contribution is 2.29. The van der Waals surface area contributed by atoms with Gasteiger partial charge in [0.1, 0.15) is 6.61 Å². The Labute approximate surface area is 201 Å². The predicted octanol–water partition coefficient (Wildman–Crippen LogP) is 5.25. The largest absolute Gasteiger partial charge is 0.493 e. The number of carbonyl (C=O) groups is 1. The van der Waals surface area contributed by atoms with Gasteiger partial charge in [-0.15, -0.1) is 12.4 Å². The summed E-state index contributed by atoms with van der Waals surface area (Å²) in [6.07, 6.45) is 9.74. The summed E-state index contributed by atoms with van der Waals surface area (Å²) >= 11 is 0. The van der Waals surface area contributed by atoms with Gasteiger partial charge in [-0.2, -0.15) is 0 Å². The number of hydrogen-bond acceptors (Lipinski definition) is 4. The van der Waals surface area contributed by atoms with Crippen molar-refractivity contribution in [2.24, 2.45) is 5.92 Å². The van der Waals surface area contributed by atoms with Crippen molar-refractivity contribution < 1.29 is 14.3 Å². The number of carbonyl (C=O) groups excluding carboxylic acids is 1. The first-order valence-corrected chi connectivity index (χ1v) is 11.3. The Kier molecular flexibility index (Phi) is 8.78. The molecule has 176 valence electrons. The summed E-state index contributed by atoms with van der Waals surface area (Å²) < 4.78 is 13.5. The molecule has 1 amide bonds. The average molecular weight is 470 g/mol. The third-order valence-electron chi connectivity index (χ3n) is 6.09. The van der Waals surface area contributed by atoms with E-state index in [4.69, 9.17) is 9.47 Å². The van der Waals surface area contributed by atoms with Gasteiger partial charge in [0.2, 0.25) is 5.91 Å². The number of nitrogens with one attached hydrogen (secondary N) is 1. The fourth-order valence-corrected chi connectivity index (χ4v) is 4.18. The molecule has 4 rings (SSSR count). The van der Waals surface area contributed by atoms with Crippen LogP contribution in [0.3, 0.4) is 0 Å². The van der Waals surface area contributed by atoms with E-state index in [0.29, 0.717) is 30.7 Å². The first-order valence-electron chi connectivity index (χ1n) is 11.3. The smallest absolute Gasteiger partial charge is 0.244 e. The summed E-state index contributed by atoms with van der Waals surface area (Å²) in [5.41, 5.74) is 2.95. The maximum absolute atomic E-state index is 12.3. The van der Waals surface area contributed by atoms with Crippen molar-refractivity contribution in [1.29, 1.82) is 0 Å². The lowest BCUT2D eigenvalue weighted by Gasteiger charge is -2.26. The minimum atomic E-state index is -0.0450. The molecule has 6 nitrogen and oxygen atoms in total. The summed E-state index contributed by atoms with van der Waals surface area (Å²) in [4.78, 5) is 16.7. The number of benzene rings is 2. The van der Waals surface area contributed by atoms with Gasteiger partial charge >= 0.3 is 0 Å². The molecule has 1 aliphatic rings. The zero-order valence-electron chi connectivity index (χ0n) is 19.2. The molecule has 0 saturated heterocycles. The molecule has 0 bridgehead atoms. The second-order valence-electron chi connectivity index (χ2n) is 8.48. The number of amides is 1. The molecule has 1 aromatic heterocycles. The Balaban J connectivity index is 0.00000306. The highest BCUT2D eigenvalue weighted by Gasteiger charge is 2.18. The van der Waals surface area contributed by atoms with Crippen LogP contribution in [-0.4, -0.2) is 35.2 Å². The zero-order chi connectivity index (χ0) is 22.3. The maximum Gasteiger partial charge on any atom is 0.244 e. The number of nitrogens with zero attached hydrogens (tertiary/aromatic N) is 2. The van der Waals surface area contributed by atoms with Crippen molar-refractivity contribution in [2.45, 2.75) is 45.2 Å². The topological polar surface area (TPSA) is 65.4 Å². The Morgan fingerprint density at radius 2 is 1.94 bits per heavy atom. The second-order valence-corrected chi connectivity index (χ2v) is 8.48. The van der Waals surface area contributed by atoms with Crippen LogP contribution in [0.2, 0.25) is 0 Å². The SMILES string of the molecule is COc1cc(/C=C/C(=O)N[C@H]2CC[C@H](C)CC2)ccc1OCCn1cnc2ccccc21.Cl. The van der Waals surface area contributed by atoms with Gasteiger partial charge in [-0.25, -0.2) is 4.98 Å². The number of aromatic nitrogens is 2. The van der Waals surface area contributed by atoms with Gasteiger partial charge in [0.25, 0.3) is 0 Å². The lowest BCUT2D eigenvalue weighted by molar-refractivity contribution is -0.117. The van der Waals surface area contributed by atoms with Crippen molar-refractivity contribution in [1.82, 2.24) is 14.9 Å². The molecule has 3 aromatic rings. The van der Waals surface area contributed by atoms with Crippen molar-refractivity contribution in [3.63, 3.8) is 0 Å². The average Bonchev–Trinajstić information content (AvgIpc) is 3.23. The van der Waals surface area contributed by atoms with Crippen LogP contribution >= 0.6 is 12.4 Å². The summed E-state index contributed by atoms with van der Waals surface area (Å²) in [6, 6.07) is 14.0. The van der Waals surface area contributed by atoms with Crippen LogP contribution in [-0.2, 0) is 11.3 Å². The standard InChI is InChI=1S/C26H31N3O3.ClH/c1-19-7-11-21(12-8-19)28-26(30)14-10-20-9-13-24(25(17-20)31-2)32-16-15-29-18-27-22-5-3-4-6-23(22)29;/h3-6,9-10,13-14,17-19,21H,7-8,11-12,15-16H2,1-2H3,(H,28,30);1H/b14-10+;/t19-,21-;. The van der Waals surface area contributed by atoms with E-state index in [1.54, 1.807) is 13.2 Å². The number of methoxy groups -OCH3 is 1. The Morgan fingerprint density at radius 1 is 1.15 bits per heavy atom. The van der Waals surface area contributed by atoms with Gasteiger partial charge in [-0.3, -0.25) is 4.79 Å². The van der Waals surface area contributed by atoms with Crippen LogP contribution < -0.4 is 14.8 Å². The van der Waals surface area contributed by atoms with E-state index in [1.807, 2.05) is 48.8 Å². The molecule has 1 heterocycles. The monoisotopic (exact) mass is 469 g/mol. The van der Waals surface area contributed by atoms with Crippen LogP contribution in [0.25, 0.3) is 17.1 Å². The van der Waals surface area contributed by atoms with Crippen LogP contribution in [0.1, 0.15) is 38.2 Å². The molecule has 0 aliphatic heterocycles. The van der Waals surface area contributed by atoms with Crippen LogP contribution in [0, 0.1) is 5.92 Å². The molecule has 0 radical (unpaired) electrons. The Hall–Kier alpha value is -2.99. The van der Waals surface area contributed by atoms with E-state index >= 15 is 0 Å². The lowest BCUT2D eigenvalue weighted by atomic mass is 9.87. The van der Waals surface area contributed by atoms with Gasteiger partial charge in [-0.1, -0.05) is 25.1 Å². The molecule has 2 aromatic carbocycles. The van der Waals surface area contributed by atoms with E-state index in [2.05, 4.69) is 27.9 Å². The quantitative estimate of drug-likeness (QED) is 0.457. The highest BCUT2D eigenvalue weighted by molar-refractivity contribution is 5.92. The molecule has 33 heavy (non-hydrogen) atoms.